The van der Waals surface area contributed by atoms with Crippen molar-refractivity contribution in [1.29, 1.82) is 0 Å². The third-order valence-electron chi connectivity index (χ3n) is 3.28. The largest absolute Gasteiger partial charge is 0.378 e. The molecule has 0 aliphatic heterocycles. The average molecular weight is 325 g/mol. The third kappa shape index (κ3) is 3.97. The fourth-order valence-corrected chi connectivity index (χ4v) is 2.67. The second-order valence-electron chi connectivity index (χ2n) is 4.94. The van der Waals surface area contributed by atoms with Gasteiger partial charge in [-0.25, -0.2) is 13.6 Å². The SMILES string of the molecule is Cc1ccc(S(N)(=O)=O)cc1NC(C)c1ccc(Cl)cc1. The van der Waals surface area contributed by atoms with Gasteiger partial charge in [-0.1, -0.05) is 29.8 Å². The molecule has 4 nitrogen and oxygen atoms in total. The van der Waals surface area contributed by atoms with Crippen LogP contribution in [0, 0.1) is 6.92 Å². The number of aryl methyl sites for hydroxylation is 1. The molecule has 0 aromatic heterocycles. The molecular weight excluding hydrogens is 308 g/mol. The molecule has 1 unspecified atom stereocenters. The zero-order valence-electron chi connectivity index (χ0n) is 11.8. The summed E-state index contributed by atoms with van der Waals surface area (Å²) in [6.07, 6.45) is 0. The molecule has 2 aromatic carbocycles. The predicted octanol–water partition coefficient (Wildman–Crippen LogP) is 3.47. The maximum absolute atomic E-state index is 11.4. The van der Waals surface area contributed by atoms with Crippen LogP contribution in [0.25, 0.3) is 0 Å². The molecule has 0 spiro atoms. The van der Waals surface area contributed by atoms with E-state index in [1.807, 2.05) is 38.1 Å². The minimum absolute atomic E-state index is 0.0108. The van der Waals surface area contributed by atoms with E-state index in [1.165, 1.54) is 6.07 Å². The van der Waals surface area contributed by atoms with Crippen molar-refractivity contribution < 1.29 is 8.42 Å². The molecule has 1 atom stereocenters. The summed E-state index contributed by atoms with van der Waals surface area (Å²) in [6, 6.07) is 12.3. The number of hydrogen-bond donors (Lipinski definition) is 2. The summed E-state index contributed by atoms with van der Waals surface area (Å²) in [6.45, 7) is 3.90. The highest BCUT2D eigenvalue weighted by molar-refractivity contribution is 7.89. The fraction of sp³-hybridized carbons (Fsp3) is 0.200. The lowest BCUT2D eigenvalue weighted by atomic mass is 10.1. The highest BCUT2D eigenvalue weighted by atomic mass is 35.5. The summed E-state index contributed by atoms with van der Waals surface area (Å²) in [5.74, 6) is 0. The number of nitrogens with one attached hydrogen (secondary N) is 1. The van der Waals surface area contributed by atoms with E-state index >= 15 is 0 Å². The average Bonchev–Trinajstić information content (AvgIpc) is 2.40. The number of rotatable bonds is 4. The zero-order valence-corrected chi connectivity index (χ0v) is 13.4. The van der Waals surface area contributed by atoms with Crippen molar-refractivity contribution in [2.75, 3.05) is 5.32 Å². The summed E-state index contributed by atoms with van der Waals surface area (Å²) in [7, 11) is -3.71. The molecule has 6 heteroatoms. The lowest BCUT2D eigenvalue weighted by Gasteiger charge is -2.18. The van der Waals surface area contributed by atoms with Gasteiger partial charge in [0.25, 0.3) is 0 Å². The predicted molar refractivity (Wildman–Crippen MR) is 86.0 cm³/mol. The first-order chi connectivity index (χ1) is 9.77. The van der Waals surface area contributed by atoms with E-state index < -0.39 is 10.0 Å². The van der Waals surface area contributed by atoms with Crippen LogP contribution in [0.5, 0.6) is 0 Å². The molecule has 21 heavy (non-hydrogen) atoms. The van der Waals surface area contributed by atoms with Crippen LogP contribution in [0.3, 0.4) is 0 Å². The van der Waals surface area contributed by atoms with Gasteiger partial charge >= 0.3 is 0 Å². The van der Waals surface area contributed by atoms with Gasteiger partial charge in [0.1, 0.15) is 0 Å². The van der Waals surface area contributed by atoms with Crippen LogP contribution in [0.2, 0.25) is 5.02 Å². The Morgan fingerprint density at radius 2 is 1.76 bits per heavy atom. The van der Waals surface area contributed by atoms with Gasteiger partial charge in [-0.05, 0) is 49.2 Å². The zero-order chi connectivity index (χ0) is 15.6. The number of sulfonamides is 1. The van der Waals surface area contributed by atoms with E-state index in [2.05, 4.69) is 5.32 Å². The first-order valence-corrected chi connectivity index (χ1v) is 8.35. The van der Waals surface area contributed by atoms with Crippen molar-refractivity contribution >= 4 is 27.3 Å². The molecule has 112 valence electrons. The summed E-state index contributed by atoms with van der Waals surface area (Å²) in [5.41, 5.74) is 2.74. The quantitative estimate of drug-likeness (QED) is 0.904. The van der Waals surface area contributed by atoms with Crippen molar-refractivity contribution in [3.8, 4) is 0 Å². The number of primary sulfonamides is 1. The Hall–Kier alpha value is -1.56. The van der Waals surface area contributed by atoms with E-state index in [4.69, 9.17) is 16.7 Å². The molecule has 0 saturated carbocycles. The van der Waals surface area contributed by atoms with Gasteiger partial charge in [-0.2, -0.15) is 0 Å². The molecule has 0 heterocycles. The van der Waals surface area contributed by atoms with Gasteiger partial charge in [0, 0.05) is 16.8 Å². The lowest BCUT2D eigenvalue weighted by Crippen LogP contribution is -2.13. The molecule has 2 aromatic rings. The standard InChI is InChI=1S/C15H17ClN2O2S/c1-10-3-8-14(21(17,19)20)9-15(10)18-11(2)12-4-6-13(16)7-5-12/h3-9,11,18H,1-2H3,(H2,17,19,20). The minimum Gasteiger partial charge on any atom is -0.378 e. The van der Waals surface area contributed by atoms with Crippen molar-refractivity contribution in [2.45, 2.75) is 24.8 Å². The van der Waals surface area contributed by atoms with Gasteiger partial charge < -0.3 is 5.32 Å². The van der Waals surface area contributed by atoms with E-state index in [1.54, 1.807) is 12.1 Å². The van der Waals surface area contributed by atoms with Crippen LogP contribution >= 0.6 is 11.6 Å². The highest BCUT2D eigenvalue weighted by Gasteiger charge is 2.12. The lowest BCUT2D eigenvalue weighted by molar-refractivity contribution is 0.598. The maximum atomic E-state index is 11.4. The minimum atomic E-state index is -3.71. The Morgan fingerprint density at radius 3 is 2.33 bits per heavy atom. The second-order valence-corrected chi connectivity index (χ2v) is 6.94. The molecule has 2 rings (SSSR count). The van der Waals surface area contributed by atoms with Crippen molar-refractivity contribution in [1.82, 2.24) is 0 Å². The number of anilines is 1. The van der Waals surface area contributed by atoms with Crippen molar-refractivity contribution in [3.63, 3.8) is 0 Å². The molecule has 0 bridgehead atoms. The van der Waals surface area contributed by atoms with Gasteiger partial charge in [-0.3, -0.25) is 0 Å². The van der Waals surface area contributed by atoms with Crippen molar-refractivity contribution in [3.05, 3.63) is 58.6 Å². The Labute approximate surface area is 130 Å². The Kier molecular flexibility index (Phi) is 4.56. The first-order valence-electron chi connectivity index (χ1n) is 6.43. The topological polar surface area (TPSA) is 72.2 Å². The van der Waals surface area contributed by atoms with Crippen LogP contribution in [0.15, 0.2) is 47.4 Å². The highest BCUT2D eigenvalue weighted by Crippen LogP contribution is 2.25. The van der Waals surface area contributed by atoms with Gasteiger partial charge in [0.05, 0.1) is 4.90 Å². The fourth-order valence-electron chi connectivity index (χ4n) is 2.00. The van der Waals surface area contributed by atoms with Crippen LogP contribution in [0.1, 0.15) is 24.1 Å². The van der Waals surface area contributed by atoms with Crippen LogP contribution in [-0.4, -0.2) is 8.42 Å². The van der Waals surface area contributed by atoms with Gasteiger partial charge in [0.15, 0.2) is 0 Å². The monoisotopic (exact) mass is 324 g/mol. The summed E-state index contributed by atoms with van der Waals surface area (Å²) in [5, 5.41) is 9.14. The Bertz CT molecular complexity index is 743. The number of nitrogens with two attached hydrogens (primary N) is 1. The number of benzene rings is 2. The normalized spacial score (nSPS) is 13.0. The Morgan fingerprint density at radius 1 is 1.14 bits per heavy atom. The first kappa shape index (κ1) is 15.8. The Balaban J connectivity index is 2.28. The molecule has 3 N–H and O–H groups in total. The smallest absolute Gasteiger partial charge is 0.238 e. The third-order valence-corrected chi connectivity index (χ3v) is 4.44. The number of hydrogen-bond acceptors (Lipinski definition) is 3. The van der Waals surface area contributed by atoms with Gasteiger partial charge in [0.2, 0.25) is 10.0 Å². The summed E-state index contributed by atoms with van der Waals surface area (Å²) in [4.78, 5) is 0.0962. The molecule has 0 radical (unpaired) electrons. The molecule has 0 amide bonds. The van der Waals surface area contributed by atoms with E-state index in [0.717, 1.165) is 16.8 Å². The van der Waals surface area contributed by atoms with Crippen LogP contribution in [-0.2, 0) is 10.0 Å². The molecule has 0 saturated heterocycles. The molecule has 0 fully saturated rings. The maximum Gasteiger partial charge on any atom is 0.238 e. The van der Waals surface area contributed by atoms with Crippen LogP contribution in [0.4, 0.5) is 5.69 Å². The van der Waals surface area contributed by atoms with E-state index in [0.29, 0.717) is 5.02 Å². The summed E-state index contributed by atoms with van der Waals surface area (Å²) < 4.78 is 22.8. The van der Waals surface area contributed by atoms with Crippen molar-refractivity contribution in [2.24, 2.45) is 5.14 Å². The van der Waals surface area contributed by atoms with E-state index in [9.17, 15) is 8.42 Å². The second kappa shape index (κ2) is 6.05. The van der Waals surface area contributed by atoms with Crippen LogP contribution < -0.4 is 10.5 Å². The molecule has 0 aliphatic rings. The molecule has 0 aliphatic carbocycles. The number of halogens is 1. The molecular formula is C15H17ClN2O2S. The van der Waals surface area contributed by atoms with E-state index in [-0.39, 0.29) is 10.9 Å². The van der Waals surface area contributed by atoms with Gasteiger partial charge in [-0.15, -0.1) is 0 Å². The summed E-state index contributed by atoms with van der Waals surface area (Å²) >= 11 is 5.87.